The van der Waals surface area contributed by atoms with Crippen LogP contribution in [0.4, 0.5) is 0 Å². The van der Waals surface area contributed by atoms with E-state index in [1.165, 1.54) is 0 Å². The summed E-state index contributed by atoms with van der Waals surface area (Å²) in [5.74, 6) is -0.861. The van der Waals surface area contributed by atoms with E-state index in [1.54, 1.807) is 6.92 Å². The average Bonchev–Trinajstić information content (AvgIpc) is 2.52. The Balaban J connectivity index is 2.52. The molecule has 0 aromatic heterocycles. The second kappa shape index (κ2) is 8.82. The predicted molar refractivity (Wildman–Crippen MR) is 78.9 cm³/mol. The van der Waals surface area contributed by atoms with Crippen molar-refractivity contribution < 1.29 is 30.3 Å². The monoisotopic (exact) mass is 313 g/mol. The van der Waals surface area contributed by atoms with Gasteiger partial charge in [0.25, 0.3) is 5.91 Å². The molecule has 1 aromatic carbocycles. The first kappa shape index (κ1) is 18.5. The van der Waals surface area contributed by atoms with Gasteiger partial charge in [0.1, 0.15) is 18.3 Å². The smallest absolute Gasteiger partial charge is 0.251 e. The Labute approximate surface area is 128 Å². The Kier molecular flexibility index (Phi) is 7.43. The lowest BCUT2D eigenvalue weighted by atomic mass is 10.0. The van der Waals surface area contributed by atoms with Gasteiger partial charge in [-0.05, 0) is 18.9 Å². The second-order valence-electron chi connectivity index (χ2n) is 5.28. The SMILES string of the molecule is C[C@@H](Cc1ccccc1)NC(=O)[C@H](O)[C@H](O)[C@H](O)[C@H](O)CO. The third kappa shape index (κ3) is 5.36. The van der Waals surface area contributed by atoms with Crippen molar-refractivity contribution in [3.05, 3.63) is 35.9 Å². The van der Waals surface area contributed by atoms with Crippen LogP contribution in [0.5, 0.6) is 0 Å². The number of hydrogen-bond donors (Lipinski definition) is 6. The Morgan fingerprint density at radius 2 is 1.68 bits per heavy atom. The Morgan fingerprint density at radius 1 is 1.09 bits per heavy atom. The molecule has 7 heteroatoms. The second-order valence-corrected chi connectivity index (χ2v) is 5.28. The molecule has 0 saturated carbocycles. The minimum absolute atomic E-state index is 0.295. The molecule has 0 spiro atoms. The maximum absolute atomic E-state index is 11.8. The van der Waals surface area contributed by atoms with Crippen molar-refractivity contribution >= 4 is 5.91 Å². The van der Waals surface area contributed by atoms with Gasteiger partial charge in [0.2, 0.25) is 0 Å². The van der Waals surface area contributed by atoms with Gasteiger partial charge in [0.05, 0.1) is 6.61 Å². The molecule has 124 valence electrons. The van der Waals surface area contributed by atoms with Gasteiger partial charge in [-0.2, -0.15) is 0 Å². The average molecular weight is 313 g/mol. The summed E-state index contributed by atoms with van der Waals surface area (Å²) in [6.07, 6.45) is -6.73. The zero-order valence-corrected chi connectivity index (χ0v) is 12.3. The first-order valence-electron chi connectivity index (χ1n) is 7.04. The molecule has 0 aliphatic rings. The summed E-state index contributed by atoms with van der Waals surface area (Å²) in [5, 5.41) is 49.2. The van der Waals surface area contributed by atoms with E-state index in [-0.39, 0.29) is 6.04 Å². The van der Waals surface area contributed by atoms with Gasteiger partial charge in [-0.3, -0.25) is 4.79 Å². The molecule has 0 unspecified atom stereocenters. The molecular weight excluding hydrogens is 290 g/mol. The van der Waals surface area contributed by atoms with Gasteiger partial charge in [0, 0.05) is 6.04 Å². The van der Waals surface area contributed by atoms with E-state index < -0.39 is 36.9 Å². The number of aliphatic hydroxyl groups excluding tert-OH is 5. The molecule has 0 fully saturated rings. The summed E-state index contributed by atoms with van der Waals surface area (Å²) < 4.78 is 0. The summed E-state index contributed by atoms with van der Waals surface area (Å²) >= 11 is 0. The standard InChI is InChI=1S/C15H23NO6/c1-9(7-10-5-3-2-4-6-10)16-15(22)14(21)13(20)12(19)11(18)8-17/h2-6,9,11-14,17-21H,7-8H2,1H3,(H,16,22)/t9-,11+,12+,13+,14+/m0/s1. The van der Waals surface area contributed by atoms with E-state index in [0.29, 0.717) is 6.42 Å². The van der Waals surface area contributed by atoms with Crippen LogP contribution >= 0.6 is 0 Å². The van der Waals surface area contributed by atoms with Crippen molar-refractivity contribution in [1.29, 1.82) is 0 Å². The number of aliphatic hydroxyl groups is 5. The van der Waals surface area contributed by atoms with Gasteiger partial charge >= 0.3 is 0 Å². The minimum Gasteiger partial charge on any atom is -0.394 e. The van der Waals surface area contributed by atoms with E-state index in [0.717, 1.165) is 5.56 Å². The fourth-order valence-corrected chi connectivity index (χ4v) is 2.02. The number of carbonyl (C=O) groups is 1. The van der Waals surface area contributed by atoms with E-state index in [9.17, 15) is 25.2 Å². The van der Waals surface area contributed by atoms with Gasteiger partial charge in [0.15, 0.2) is 6.10 Å². The van der Waals surface area contributed by atoms with Crippen LogP contribution in [-0.4, -0.2) is 68.5 Å². The zero-order valence-electron chi connectivity index (χ0n) is 12.3. The number of nitrogens with one attached hydrogen (secondary N) is 1. The topological polar surface area (TPSA) is 130 Å². The van der Waals surface area contributed by atoms with Crippen LogP contribution in [0, 0.1) is 0 Å². The van der Waals surface area contributed by atoms with Crippen molar-refractivity contribution in [2.45, 2.75) is 43.8 Å². The first-order chi connectivity index (χ1) is 10.4. The molecule has 0 saturated heterocycles. The normalized spacial score (nSPS) is 18.1. The molecule has 0 heterocycles. The molecule has 7 nitrogen and oxygen atoms in total. The summed E-state index contributed by atoms with van der Waals surface area (Å²) in [7, 11) is 0. The number of carbonyl (C=O) groups excluding carboxylic acids is 1. The summed E-state index contributed by atoms with van der Waals surface area (Å²) in [5.41, 5.74) is 1.00. The van der Waals surface area contributed by atoms with Crippen LogP contribution in [0.2, 0.25) is 0 Å². The Morgan fingerprint density at radius 3 is 2.23 bits per heavy atom. The van der Waals surface area contributed by atoms with Crippen molar-refractivity contribution in [3.63, 3.8) is 0 Å². The first-order valence-corrected chi connectivity index (χ1v) is 7.04. The van der Waals surface area contributed by atoms with E-state index >= 15 is 0 Å². The molecule has 0 bridgehead atoms. The third-order valence-electron chi connectivity index (χ3n) is 3.30. The Bertz CT molecular complexity index is 455. The van der Waals surface area contributed by atoms with Crippen LogP contribution in [0.15, 0.2) is 30.3 Å². The zero-order chi connectivity index (χ0) is 16.7. The summed E-state index contributed by atoms with van der Waals surface area (Å²) in [6.45, 7) is 0.944. The maximum atomic E-state index is 11.8. The number of benzene rings is 1. The molecule has 5 atom stereocenters. The lowest BCUT2D eigenvalue weighted by Gasteiger charge is -2.26. The van der Waals surface area contributed by atoms with Gasteiger partial charge in [-0.25, -0.2) is 0 Å². The quantitative estimate of drug-likeness (QED) is 0.335. The lowest BCUT2D eigenvalue weighted by molar-refractivity contribution is -0.149. The largest absolute Gasteiger partial charge is 0.394 e. The molecule has 0 radical (unpaired) electrons. The van der Waals surface area contributed by atoms with Crippen molar-refractivity contribution in [2.75, 3.05) is 6.61 Å². The van der Waals surface area contributed by atoms with E-state index in [1.807, 2.05) is 30.3 Å². The van der Waals surface area contributed by atoms with Gasteiger partial charge < -0.3 is 30.8 Å². The van der Waals surface area contributed by atoms with Crippen LogP contribution in [-0.2, 0) is 11.2 Å². The molecule has 0 aliphatic heterocycles. The van der Waals surface area contributed by atoms with Crippen LogP contribution in [0.3, 0.4) is 0 Å². The third-order valence-corrected chi connectivity index (χ3v) is 3.30. The molecule has 22 heavy (non-hydrogen) atoms. The molecule has 0 aliphatic carbocycles. The van der Waals surface area contributed by atoms with Gasteiger partial charge in [-0.1, -0.05) is 30.3 Å². The number of amides is 1. The van der Waals surface area contributed by atoms with E-state index in [2.05, 4.69) is 5.32 Å². The van der Waals surface area contributed by atoms with Crippen LogP contribution in [0.25, 0.3) is 0 Å². The fourth-order valence-electron chi connectivity index (χ4n) is 2.02. The summed E-state index contributed by atoms with van der Waals surface area (Å²) in [6, 6.07) is 9.12. The minimum atomic E-state index is -1.91. The molecule has 1 amide bonds. The molecule has 6 N–H and O–H groups in total. The highest BCUT2D eigenvalue weighted by atomic mass is 16.4. The van der Waals surface area contributed by atoms with E-state index in [4.69, 9.17) is 5.11 Å². The maximum Gasteiger partial charge on any atom is 0.251 e. The Hall–Kier alpha value is -1.51. The summed E-state index contributed by atoms with van der Waals surface area (Å²) in [4.78, 5) is 11.8. The molecule has 1 aromatic rings. The fraction of sp³-hybridized carbons (Fsp3) is 0.533. The molecular formula is C15H23NO6. The van der Waals surface area contributed by atoms with Crippen molar-refractivity contribution in [1.82, 2.24) is 5.32 Å². The number of hydrogen-bond acceptors (Lipinski definition) is 6. The highest BCUT2D eigenvalue weighted by Gasteiger charge is 2.34. The highest BCUT2D eigenvalue weighted by molar-refractivity contribution is 5.81. The van der Waals surface area contributed by atoms with Crippen molar-refractivity contribution in [3.8, 4) is 0 Å². The van der Waals surface area contributed by atoms with Crippen LogP contribution < -0.4 is 5.32 Å². The molecule has 1 rings (SSSR count). The predicted octanol–water partition coefficient (Wildman–Crippen LogP) is -1.83. The van der Waals surface area contributed by atoms with Crippen LogP contribution in [0.1, 0.15) is 12.5 Å². The van der Waals surface area contributed by atoms with Crippen molar-refractivity contribution in [2.24, 2.45) is 0 Å². The number of rotatable bonds is 8. The lowest BCUT2D eigenvalue weighted by Crippen LogP contribution is -2.53. The highest BCUT2D eigenvalue weighted by Crippen LogP contribution is 2.07. The van der Waals surface area contributed by atoms with Gasteiger partial charge in [-0.15, -0.1) is 0 Å².